The van der Waals surface area contributed by atoms with Gasteiger partial charge >= 0.3 is 13.2 Å². The van der Waals surface area contributed by atoms with Gasteiger partial charge in [0.15, 0.2) is 5.16 Å². The van der Waals surface area contributed by atoms with E-state index in [9.17, 15) is 9.59 Å². The number of nitrogens with one attached hydrogen (secondary N) is 1. The fourth-order valence-corrected chi connectivity index (χ4v) is 4.95. The molecular weight excluding hydrogens is 479 g/mol. The Labute approximate surface area is 220 Å². The van der Waals surface area contributed by atoms with E-state index in [1.807, 2.05) is 46.4 Å². The summed E-state index contributed by atoms with van der Waals surface area (Å²) in [5.74, 6) is -0.115. The highest BCUT2D eigenvalue weighted by Gasteiger charge is 2.52. The molecule has 0 aliphatic carbocycles. The van der Waals surface area contributed by atoms with E-state index in [4.69, 9.17) is 14.0 Å². The summed E-state index contributed by atoms with van der Waals surface area (Å²) < 4.78 is 17.5. The van der Waals surface area contributed by atoms with Crippen molar-refractivity contribution in [2.24, 2.45) is 5.92 Å². The molecule has 1 N–H and O–H groups in total. The van der Waals surface area contributed by atoms with Gasteiger partial charge in [0, 0.05) is 36.2 Å². The highest BCUT2D eigenvalue weighted by Crippen LogP contribution is 2.36. The van der Waals surface area contributed by atoms with E-state index >= 15 is 0 Å². The quantitative estimate of drug-likeness (QED) is 0.450. The monoisotopic (exact) mass is 520 g/mol. The second-order valence-corrected chi connectivity index (χ2v) is 13.2. The summed E-state index contributed by atoms with van der Waals surface area (Å²) in [6.07, 6.45) is 4.63. The Morgan fingerprint density at radius 2 is 1.64 bits per heavy atom. The highest BCUT2D eigenvalue weighted by molar-refractivity contribution is 7.99. The van der Waals surface area contributed by atoms with Gasteiger partial charge in [-0.3, -0.25) is 4.79 Å². The third-order valence-electron chi connectivity index (χ3n) is 6.80. The van der Waals surface area contributed by atoms with Crippen LogP contribution in [0.1, 0.15) is 75.2 Å². The topological polar surface area (TPSA) is 103 Å². The maximum absolute atomic E-state index is 13.2. The van der Waals surface area contributed by atoms with Crippen molar-refractivity contribution in [2.75, 3.05) is 13.1 Å². The molecule has 0 unspecified atom stereocenters. The van der Waals surface area contributed by atoms with Crippen molar-refractivity contribution in [2.45, 2.75) is 108 Å². The molecule has 2 fully saturated rings. The van der Waals surface area contributed by atoms with Crippen molar-refractivity contribution in [1.82, 2.24) is 20.2 Å². The molecule has 0 saturated carbocycles. The molecule has 2 amide bonds. The molecule has 200 valence electrons. The minimum Gasteiger partial charge on any atom is -0.444 e. The van der Waals surface area contributed by atoms with Crippen LogP contribution in [0.4, 0.5) is 4.79 Å². The summed E-state index contributed by atoms with van der Waals surface area (Å²) in [7, 11) is -0.480. The fourth-order valence-electron chi connectivity index (χ4n) is 3.98. The van der Waals surface area contributed by atoms with Crippen LogP contribution in [-0.2, 0) is 18.8 Å². The van der Waals surface area contributed by atoms with Crippen molar-refractivity contribution in [3.63, 3.8) is 0 Å². The van der Waals surface area contributed by atoms with Gasteiger partial charge in [0.2, 0.25) is 5.91 Å². The molecule has 0 radical (unpaired) electrons. The molecule has 1 atom stereocenters. The Kier molecular flexibility index (Phi) is 8.67. The Morgan fingerprint density at radius 1 is 1.11 bits per heavy atom. The minimum absolute atomic E-state index is 0.0481. The lowest BCUT2D eigenvalue weighted by Gasteiger charge is -2.35. The first-order valence-corrected chi connectivity index (χ1v) is 13.6. The van der Waals surface area contributed by atoms with Crippen molar-refractivity contribution < 1.29 is 23.6 Å². The summed E-state index contributed by atoms with van der Waals surface area (Å²) in [5.41, 5.74) is -0.633. The van der Waals surface area contributed by atoms with Gasteiger partial charge in [0.1, 0.15) is 11.6 Å². The van der Waals surface area contributed by atoms with Crippen molar-refractivity contribution >= 4 is 36.3 Å². The number of hydrogen-bond donors (Lipinski definition) is 1. The molecule has 3 heterocycles. The van der Waals surface area contributed by atoms with E-state index in [0.717, 1.165) is 18.3 Å². The van der Waals surface area contributed by atoms with Gasteiger partial charge in [0.05, 0.1) is 11.2 Å². The highest BCUT2D eigenvalue weighted by atomic mass is 32.2. The molecule has 1 aromatic heterocycles. The number of carbonyl (C=O) groups excluding carboxylic acids is 2. The first kappa shape index (κ1) is 28.7. The van der Waals surface area contributed by atoms with Gasteiger partial charge in [0.25, 0.3) is 0 Å². The van der Waals surface area contributed by atoms with Gasteiger partial charge in [-0.1, -0.05) is 25.6 Å². The number of carbonyl (C=O) groups is 2. The number of alkyl carbamates (subject to hydrolysis) is 1. The number of amides is 2. The fraction of sp³-hybridized carbons (Fsp3) is 0.760. The van der Waals surface area contributed by atoms with Crippen LogP contribution >= 0.6 is 11.8 Å². The van der Waals surface area contributed by atoms with Gasteiger partial charge in [-0.2, -0.15) is 0 Å². The third-order valence-corrected chi connectivity index (χ3v) is 8.03. The smallest absolute Gasteiger partial charge is 0.444 e. The molecule has 1 aromatic rings. The SMILES string of the molecule is CC(C)[C@@H](NC(=O)OC(C)(C)C)C(=O)N1CCC(Sc2ncc(B3OC(C)(C)C(C)(C)O3)cn2)CC1. The van der Waals surface area contributed by atoms with Gasteiger partial charge < -0.3 is 24.3 Å². The van der Waals surface area contributed by atoms with Gasteiger partial charge in [-0.25, -0.2) is 14.8 Å². The van der Waals surface area contributed by atoms with E-state index in [1.54, 1.807) is 44.9 Å². The largest absolute Gasteiger partial charge is 0.498 e. The number of rotatable bonds is 6. The molecule has 9 nitrogen and oxygen atoms in total. The second-order valence-electron chi connectivity index (χ2n) is 11.9. The summed E-state index contributed by atoms with van der Waals surface area (Å²) in [5, 5.41) is 3.78. The molecule has 0 spiro atoms. The first-order chi connectivity index (χ1) is 16.6. The Bertz CT molecular complexity index is 911. The Morgan fingerprint density at radius 3 is 2.11 bits per heavy atom. The molecule has 2 aliphatic heterocycles. The van der Waals surface area contributed by atoms with Gasteiger partial charge in [-0.15, -0.1) is 0 Å². The predicted octanol–water partition coefficient (Wildman–Crippen LogP) is 3.41. The molecule has 2 saturated heterocycles. The Balaban J connectivity index is 1.51. The van der Waals surface area contributed by atoms with E-state index in [1.165, 1.54) is 0 Å². The summed E-state index contributed by atoms with van der Waals surface area (Å²) in [6.45, 7) is 18.6. The zero-order chi connectivity index (χ0) is 26.9. The normalized spacial score (nSPS) is 20.9. The molecule has 36 heavy (non-hydrogen) atoms. The van der Waals surface area contributed by atoms with E-state index in [-0.39, 0.29) is 11.8 Å². The van der Waals surface area contributed by atoms with Crippen LogP contribution in [-0.4, -0.2) is 75.2 Å². The third kappa shape index (κ3) is 7.13. The molecule has 2 aliphatic rings. The minimum atomic E-state index is -0.616. The van der Waals surface area contributed by atoms with Crippen LogP contribution in [0.3, 0.4) is 0 Å². The van der Waals surface area contributed by atoms with Crippen molar-refractivity contribution in [1.29, 1.82) is 0 Å². The maximum Gasteiger partial charge on any atom is 0.498 e. The molecule has 3 rings (SSSR count). The predicted molar refractivity (Wildman–Crippen MR) is 141 cm³/mol. The summed E-state index contributed by atoms with van der Waals surface area (Å²) in [6, 6.07) is -0.616. The number of likely N-dealkylation sites (tertiary alicyclic amines) is 1. The summed E-state index contributed by atoms with van der Waals surface area (Å²) >= 11 is 1.63. The van der Waals surface area contributed by atoms with Crippen LogP contribution in [0.15, 0.2) is 17.6 Å². The van der Waals surface area contributed by atoms with Crippen LogP contribution in [0.25, 0.3) is 0 Å². The lowest BCUT2D eigenvalue weighted by Crippen LogP contribution is -2.53. The van der Waals surface area contributed by atoms with E-state index in [0.29, 0.717) is 23.5 Å². The maximum atomic E-state index is 13.2. The molecular formula is C25H41BN4O5S. The van der Waals surface area contributed by atoms with Crippen LogP contribution in [0.5, 0.6) is 0 Å². The average Bonchev–Trinajstić information content (AvgIpc) is 2.98. The standard InChI is InChI=1S/C25H41BN4O5S/c1-16(2)19(29-22(32)33-23(3,4)5)20(31)30-12-10-18(11-13-30)36-21-27-14-17(15-28-21)26-34-24(6,7)25(8,9)35-26/h14-16,18-19H,10-13H2,1-9H3,(H,29,32)/t19-/m1/s1. The number of piperidine rings is 1. The number of hydrogen-bond acceptors (Lipinski definition) is 8. The van der Waals surface area contributed by atoms with Crippen molar-refractivity contribution in [3.8, 4) is 0 Å². The lowest BCUT2D eigenvalue weighted by atomic mass is 9.81. The Hall–Kier alpha value is -1.85. The van der Waals surface area contributed by atoms with Crippen LogP contribution < -0.4 is 10.8 Å². The van der Waals surface area contributed by atoms with Crippen LogP contribution in [0, 0.1) is 5.92 Å². The van der Waals surface area contributed by atoms with Gasteiger partial charge in [-0.05, 0) is 67.2 Å². The zero-order valence-electron chi connectivity index (χ0n) is 23.1. The number of ether oxygens (including phenoxy) is 1. The average molecular weight is 521 g/mol. The van der Waals surface area contributed by atoms with Crippen LogP contribution in [0.2, 0.25) is 0 Å². The number of nitrogens with zero attached hydrogens (tertiary/aromatic N) is 3. The van der Waals surface area contributed by atoms with Crippen molar-refractivity contribution in [3.05, 3.63) is 12.4 Å². The zero-order valence-corrected chi connectivity index (χ0v) is 23.9. The summed E-state index contributed by atoms with van der Waals surface area (Å²) in [4.78, 5) is 36.3. The molecule has 0 aromatic carbocycles. The van der Waals surface area contributed by atoms with E-state index < -0.39 is 36.1 Å². The van der Waals surface area contributed by atoms with E-state index in [2.05, 4.69) is 15.3 Å². The first-order valence-electron chi connectivity index (χ1n) is 12.7. The number of aromatic nitrogens is 2. The lowest BCUT2D eigenvalue weighted by molar-refractivity contribution is -0.135. The number of thioether (sulfide) groups is 1. The second kappa shape index (κ2) is 10.9. The molecule has 0 bridgehead atoms. The molecule has 11 heteroatoms.